The van der Waals surface area contributed by atoms with E-state index in [9.17, 15) is 14.0 Å². The second-order valence-corrected chi connectivity index (χ2v) is 8.83. The van der Waals surface area contributed by atoms with Gasteiger partial charge in [-0.3, -0.25) is 14.2 Å². The van der Waals surface area contributed by atoms with Crippen molar-refractivity contribution in [2.75, 3.05) is 0 Å². The second kappa shape index (κ2) is 7.86. The number of benzene rings is 2. The first-order valence-electron chi connectivity index (χ1n) is 11.0. The van der Waals surface area contributed by atoms with Crippen molar-refractivity contribution in [3.63, 3.8) is 0 Å². The molecule has 3 atom stereocenters. The summed E-state index contributed by atoms with van der Waals surface area (Å²) in [6.07, 6.45) is 4.14. The Bertz CT molecular complexity index is 1280. The van der Waals surface area contributed by atoms with Gasteiger partial charge in [0, 0.05) is 17.6 Å². The van der Waals surface area contributed by atoms with E-state index in [2.05, 4.69) is 23.3 Å². The number of aromatic nitrogens is 2. The summed E-state index contributed by atoms with van der Waals surface area (Å²) in [4.78, 5) is 29.9. The lowest BCUT2D eigenvalue weighted by Crippen LogP contribution is -2.37. The van der Waals surface area contributed by atoms with E-state index in [0.29, 0.717) is 39.8 Å². The molecule has 1 heterocycles. The van der Waals surface area contributed by atoms with Gasteiger partial charge in [0.15, 0.2) is 0 Å². The van der Waals surface area contributed by atoms with Crippen LogP contribution in [0.4, 0.5) is 4.39 Å². The molecular weight excluding hydrogens is 407 g/mol. The predicted molar refractivity (Wildman–Crippen MR) is 117 cm³/mol. The van der Waals surface area contributed by atoms with Crippen LogP contribution in [0.25, 0.3) is 10.9 Å². The van der Waals surface area contributed by atoms with Gasteiger partial charge in [0.25, 0.3) is 11.5 Å². The van der Waals surface area contributed by atoms with Gasteiger partial charge in [0.2, 0.25) is 0 Å². The van der Waals surface area contributed by atoms with Crippen LogP contribution in [0.5, 0.6) is 0 Å². The maximum Gasteiger partial charge on any atom is 0.261 e. The fourth-order valence-corrected chi connectivity index (χ4v) is 5.47. The number of fused-ring (bicyclic) bond motifs is 2. The van der Waals surface area contributed by atoms with Crippen LogP contribution in [-0.4, -0.2) is 21.5 Å². The first-order chi connectivity index (χ1) is 15.5. The van der Waals surface area contributed by atoms with E-state index in [-0.39, 0.29) is 23.6 Å². The molecule has 0 bridgehead atoms. The van der Waals surface area contributed by atoms with Gasteiger partial charge in [0.05, 0.1) is 28.9 Å². The zero-order valence-corrected chi connectivity index (χ0v) is 17.7. The first kappa shape index (κ1) is 20.4. The smallest absolute Gasteiger partial charge is 0.261 e. The van der Waals surface area contributed by atoms with E-state index in [1.54, 1.807) is 35.2 Å². The third-order valence-corrected chi connectivity index (χ3v) is 7.12. The molecule has 7 heteroatoms. The molecule has 0 aliphatic heterocycles. The molecule has 1 aromatic heterocycles. The van der Waals surface area contributed by atoms with Crippen LogP contribution in [0.3, 0.4) is 0 Å². The van der Waals surface area contributed by atoms with E-state index in [0.717, 1.165) is 19.3 Å². The summed E-state index contributed by atoms with van der Waals surface area (Å²) >= 11 is 0. The number of halogens is 1. The molecule has 1 amide bonds. The molecule has 2 aliphatic carbocycles. The molecule has 2 saturated carbocycles. The number of nitrogens with one attached hydrogen (secondary N) is 1. The summed E-state index contributed by atoms with van der Waals surface area (Å²) < 4.78 is 15.3. The fraction of sp³-hybridized carbons (Fsp3) is 0.360. The van der Waals surface area contributed by atoms with Crippen molar-refractivity contribution in [1.29, 1.82) is 5.26 Å². The lowest BCUT2D eigenvalue weighted by Gasteiger charge is -2.22. The third-order valence-electron chi connectivity index (χ3n) is 7.12. The Morgan fingerprint density at radius 3 is 2.62 bits per heavy atom. The minimum Gasteiger partial charge on any atom is -0.349 e. The molecule has 0 unspecified atom stereocenters. The van der Waals surface area contributed by atoms with Gasteiger partial charge in [-0.1, -0.05) is 6.92 Å². The van der Waals surface area contributed by atoms with Crippen LogP contribution in [0, 0.1) is 34.9 Å². The van der Waals surface area contributed by atoms with E-state index >= 15 is 0 Å². The molecule has 32 heavy (non-hydrogen) atoms. The number of nitriles is 1. The highest BCUT2D eigenvalue weighted by Crippen LogP contribution is 2.62. The Morgan fingerprint density at radius 1 is 1.25 bits per heavy atom. The number of nitrogens with zero attached hydrogens (tertiary/aromatic N) is 3. The molecule has 2 aliphatic rings. The summed E-state index contributed by atoms with van der Waals surface area (Å²) in [6.45, 7) is 2.07. The topological polar surface area (TPSA) is 87.8 Å². The molecule has 0 spiro atoms. The van der Waals surface area contributed by atoms with Crippen molar-refractivity contribution >= 4 is 16.8 Å². The van der Waals surface area contributed by atoms with Gasteiger partial charge in [0.1, 0.15) is 5.82 Å². The molecule has 6 nitrogen and oxygen atoms in total. The number of carbonyl (C=O) groups excluding carboxylic acids is 1. The van der Waals surface area contributed by atoms with Crippen LogP contribution in [-0.2, 0) is 0 Å². The third kappa shape index (κ3) is 3.46. The van der Waals surface area contributed by atoms with Crippen LogP contribution < -0.4 is 10.9 Å². The fourth-order valence-electron chi connectivity index (χ4n) is 5.47. The summed E-state index contributed by atoms with van der Waals surface area (Å²) in [7, 11) is 0. The molecule has 2 fully saturated rings. The average molecular weight is 430 g/mol. The zero-order chi connectivity index (χ0) is 22.4. The van der Waals surface area contributed by atoms with E-state index in [1.807, 2.05) is 0 Å². The van der Waals surface area contributed by atoms with E-state index in [4.69, 9.17) is 5.26 Å². The number of rotatable bonds is 5. The Balaban J connectivity index is 1.26. The SMILES string of the molecule is CC[C@H](NC(=O)c1ccc(C#N)cc1)C1[C@H]2CC(n3cnc4ccc(F)cc4c3=O)C[C@H]12. The Hall–Kier alpha value is -3.53. The predicted octanol–water partition coefficient (Wildman–Crippen LogP) is 3.81. The molecule has 2 aromatic carbocycles. The second-order valence-electron chi connectivity index (χ2n) is 8.83. The number of amides is 1. The molecule has 5 rings (SSSR count). The van der Waals surface area contributed by atoms with Gasteiger partial charge >= 0.3 is 0 Å². The Kier molecular flexibility index (Phi) is 5.01. The molecule has 1 N–H and O–H groups in total. The van der Waals surface area contributed by atoms with Crippen molar-refractivity contribution in [2.24, 2.45) is 17.8 Å². The molecule has 3 aromatic rings. The lowest BCUT2D eigenvalue weighted by molar-refractivity contribution is 0.0927. The van der Waals surface area contributed by atoms with Gasteiger partial charge in [-0.25, -0.2) is 9.37 Å². The Morgan fingerprint density at radius 2 is 1.97 bits per heavy atom. The number of hydrogen-bond donors (Lipinski definition) is 1. The van der Waals surface area contributed by atoms with Crippen molar-refractivity contribution in [1.82, 2.24) is 14.9 Å². The van der Waals surface area contributed by atoms with Crippen molar-refractivity contribution in [3.8, 4) is 6.07 Å². The quantitative estimate of drug-likeness (QED) is 0.667. The molecule has 0 saturated heterocycles. The van der Waals surface area contributed by atoms with Crippen molar-refractivity contribution in [3.05, 3.63) is 76.1 Å². The van der Waals surface area contributed by atoms with Crippen LogP contribution in [0.2, 0.25) is 0 Å². The highest BCUT2D eigenvalue weighted by molar-refractivity contribution is 5.94. The van der Waals surface area contributed by atoms with Gasteiger partial charge in [-0.15, -0.1) is 0 Å². The average Bonchev–Trinajstić information content (AvgIpc) is 3.29. The van der Waals surface area contributed by atoms with E-state index in [1.165, 1.54) is 18.2 Å². The van der Waals surface area contributed by atoms with Crippen molar-refractivity contribution in [2.45, 2.75) is 38.3 Å². The molecule has 0 radical (unpaired) electrons. The van der Waals surface area contributed by atoms with Gasteiger partial charge < -0.3 is 5.32 Å². The summed E-state index contributed by atoms with van der Waals surface area (Å²) in [5.74, 6) is 0.759. The first-order valence-corrected chi connectivity index (χ1v) is 11.0. The molecule has 162 valence electrons. The van der Waals surface area contributed by atoms with Crippen LogP contribution >= 0.6 is 0 Å². The van der Waals surface area contributed by atoms with Gasteiger partial charge in [-0.2, -0.15) is 5.26 Å². The maximum atomic E-state index is 13.6. The zero-order valence-electron chi connectivity index (χ0n) is 17.7. The van der Waals surface area contributed by atoms with Gasteiger partial charge in [-0.05, 0) is 79.5 Å². The van der Waals surface area contributed by atoms with Crippen LogP contribution in [0.1, 0.15) is 48.1 Å². The highest BCUT2D eigenvalue weighted by atomic mass is 19.1. The maximum absolute atomic E-state index is 13.6. The largest absolute Gasteiger partial charge is 0.349 e. The van der Waals surface area contributed by atoms with Crippen molar-refractivity contribution < 1.29 is 9.18 Å². The summed E-state index contributed by atoms with van der Waals surface area (Å²) in [5.41, 5.74) is 1.38. The molecular formula is C25H23FN4O2. The highest BCUT2D eigenvalue weighted by Gasteiger charge is 2.59. The minimum absolute atomic E-state index is 0.0562. The summed E-state index contributed by atoms with van der Waals surface area (Å²) in [5, 5.41) is 12.4. The normalized spacial score (nSPS) is 22.8. The monoisotopic (exact) mass is 430 g/mol. The standard InChI is InChI=1S/C25H23FN4O2/c1-2-21(29-24(31)15-5-3-14(12-27)4-6-15)23-18-10-17(11-19(18)23)30-13-28-22-8-7-16(26)9-20(22)25(30)32/h3-9,13,17-19,21,23H,2,10-11H2,1H3,(H,29,31)/t17?,18-,19-,21-,23?/m0/s1. The number of hydrogen-bond acceptors (Lipinski definition) is 4. The number of carbonyl (C=O) groups is 1. The minimum atomic E-state index is -0.438. The summed E-state index contributed by atoms with van der Waals surface area (Å²) in [6, 6.07) is 12.9. The lowest BCUT2D eigenvalue weighted by atomic mass is 9.98. The van der Waals surface area contributed by atoms with E-state index < -0.39 is 5.82 Å². The van der Waals surface area contributed by atoms with Crippen LogP contribution in [0.15, 0.2) is 53.6 Å². The Labute approximate surface area is 184 Å².